The van der Waals surface area contributed by atoms with Crippen LogP contribution in [0.25, 0.3) is 0 Å². The van der Waals surface area contributed by atoms with Gasteiger partial charge in [0.05, 0.1) is 0 Å². The van der Waals surface area contributed by atoms with E-state index in [0.717, 1.165) is 18.2 Å². The summed E-state index contributed by atoms with van der Waals surface area (Å²) in [5.41, 5.74) is -0.118. The zero-order chi connectivity index (χ0) is 19.8. The summed E-state index contributed by atoms with van der Waals surface area (Å²) >= 11 is 5.08. The number of benzene rings is 1. The van der Waals surface area contributed by atoms with Gasteiger partial charge in [-0.1, -0.05) is 22.6 Å². The third-order valence-electron chi connectivity index (χ3n) is 3.19. The molecule has 0 bridgehead atoms. The second-order valence-electron chi connectivity index (χ2n) is 5.17. The number of phenolic OH excluding ortho intramolecular Hbond substituents is 2. The molecule has 1 unspecified atom stereocenters. The van der Waals surface area contributed by atoms with E-state index in [2.05, 4.69) is 11.6 Å². The van der Waals surface area contributed by atoms with E-state index in [4.69, 9.17) is 0 Å². The van der Waals surface area contributed by atoms with E-state index in [-0.39, 0.29) is 11.3 Å². The molecule has 0 spiro atoms. The van der Waals surface area contributed by atoms with E-state index in [1.165, 1.54) is 22.6 Å². The molecule has 0 aliphatic rings. The molecule has 0 amide bonds. The van der Waals surface area contributed by atoms with Crippen LogP contribution in [0.2, 0.25) is 0 Å². The second-order valence-corrected chi connectivity index (χ2v) is 7.41. The van der Waals surface area contributed by atoms with Crippen molar-refractivity contribution < 1.29 is 45.3 Å². The lowest BCUT2D eigenvalue weighted by atomic mass is 9.97. The van der Waals surface area contributed by atoms with E-state index in [1.54, 1.807) is 0 Å². The molecule has 0 saturated heterocycles. The van der Waals surface area contributed by atoms with Crippen molar-refractivity contribution in [2.24, 2.45) is 0 Å². The van der Waals surface area contributed by atoms with E-state index >= 15 is 0 Å². The Kier molecular flexibility index (Phi) is 6.36. The number of phenols is 2. The molecule has 12 heteroatoms. The zero-order valence-corrected chi connectivity index (χ0v) is 14.8. The molecule has 0 aliphatic carbocycles. The fourth-order valence-corrected chi connectivity index (χ4v) is 3.01. The lowest BCUT2D eigenvalue weighted by Gasteiger charge is -2.35. The molecule has 2 N–H and O–H groups in total. The number of halogens is 10. The first-order chi connectivity index (χ1) is 11.0. The largest absolute Gasteiger partial charge is 0.508 e. The van der Waals surface area contributed by atoms with E-state index in [1.807, 2.05) is 0 Å². The van der Waals surface area contributed by atoms with Crippen LogP contribution in [-0.4, -0.2) is 37.3 Å². The van der Waals surface area contributed by atoms with Crippen LogP contribution in [0, 0.1) is 0 Å². The number of hydrogen-bond acceptors (Lipinski definition) is 2. The number of hydrogen-bond donors (Lipinski definition) is 2. The van der Waals surface area contributed by atoms with Crippen LogP contribution in [-0.2, 0) is 6.42 Å². The van der Waals surface area contributed by atoms with Crippen molar-refractivity contribution >= 4 is 34.2 Å². The fraction of sp³-hybridized carbons (Fsp3) is 0.538. The third kappa shape index (κ3) is 4.52. The van der Waals surface area contributed by atoms with Gasteiger partial charge in [-0.05, 0) is 41.8 Å². The number of rotatable bonds is 7. The first kappa shape index (κ1) is 22.3. The van der Waals surface area contributed by atoms with Crippen molar-refractivity contribution in [2.75, 3.05) is 0 Å². The Morgan fingerprint density at radius 3 is 1.96 bits per heavy atom. The fourth-order valence-electron chi connectivity index (χ4n) is 1.86. The highest BCUT2D eigenvalue weighted by Gasteiger charge is 2.80. The Morgan fingerprint density at radius 2 is 1.48 bits per heavy atom. The Morgan fingerprint density at radius 1 is 0.960 bits per heavy atom. The molecule has 0 fully saturated rings. The maximum absolute atomic E-state index is 13.6. The first-order valence-corrected chi connectivity index (χ1v) is 8.00. The van der Waals surface area contributed by atoms with E-state index in [0.29, 0.717) is 0 Å². The molecular formula is C13H10ClF8IO2. The van der Waals surface area contributed by atoms with E-state index in [9.17, 15) is 45.3 Å². The average molecular weight is 513 g/mol. The minimum atomic E-state index is -6.49. The molecule has 0 aromatic heterocycles. The van der Waals surface area contributed by atoms with Gasteiger partial charge in [0.25, 0.3) is 0 Å². The lowest BCUT2D eigenvalue weighted by Crippen LogP contribution is -2.61. The van der Waals surface area contributed by atoms with Gasteiger partial charge in [-0.25, -0.2) is 0 Å². The van der Waals surface area contributed by atoms with Gasteiger partial charge in [-0.2, -0.15) is 35.1 Å². The number of alkyl halides is 10. The van der Waals surface area contributed by atoms with Crippen LogP contribution >= 0.6 is 34.2 Å². The van der Waals surface area contributed by atoms with Crippen LogP contribution in [0.15, 0.2) is 18.2 Å². The highest BCUT2D eigenvalue weighted by Crippen LogP contribution is 2.55. The maximum Gasteiger partial charge on any atom is 0.392 e. The smallest absolute Gasteiger partial charge is 0.392 e. The lowest BCUT2D eigenvalue weighted by molar-refractivity contribution is -0.348. The van der Waals surface area contributed by atoms with Crippen molar-refractivity contribution in [1.82, 2.24) is 0 Å². The molecule has 1 aromatic rings. The van der Waals surface area contributed by atoms with E-state index < -0.39 is 45.7 Å². The Balaban J connectivity index is 3.01. The standard InChI is InChI=1S/C13H10ClF8IO2/c14-13(21,22)12(19,20)11(17,18)10(15,16)5-7(23)3-6-4-8(24)1-2-9(6)25/h1-2,4,7,24-25H,3,5H2. The van der Waals surface area contributed by atoms with Crippen LogP contribution in [0.5, 0.6) is 11.5 Å². The molecule has 1 rings (SSSR count). The van der Waals surface area contributed by atoms with Gasteiger partial charge in [-0.15, -0.1) is 0 Å². The third-order valence-corrected chi connectivity index (χ3v) is 4.31. The molecule has 0 saturated carbocycles. The van der Waals surface area contributed by atoms with Crippen LogP contribution in [0.3, 0.4) is 0 Å². The van der Waals surface area contributed by atoms with Gasteiger partial charge in [-0.3, -0.25) is 0 Å². The van der Waals surface area contributed by atoms with Crippen molar-refractivity contribution in [3.63, 3.8) is 0 Å². The number of aromatic hydroxyl groups is 2. The predicted octanol–water partition coefficient (Wildman–Crippen LogP) is 5.57. The Hall–Kier alpha value is -0.720. The highest BCUT2D eigenvalue weighted by atomic mass is 127. The molecule has 0 heterocycles. The van der Waals surface area contributed by atoms with Crippen LogP contribution < -0.4 is 0 Å². The molecule has 2 nitrogen and oxygen atoms in total. The van der Waals surface area contributed by atoms with Crippen LogP contribution in [0.1, 0.15) is 12.0 Å². The quantitative estimate of drug-likeness (QED) is 0.217. The summed E-state index contributed by atoms with van der Waals surface area (Å²) in [7, 11) is 0. The monoisotopic (exact) mass is 512 g/mol. The normalized spacial score (nSPS) is 15.3. The SMILES string of the molecule is Oc1ccc(O)c(CC(I)CC(F)(F)C(F)(F)C(F)(F)C(F)(F)Cl)c1. The van der Waals surface area contributed by atoms with Crippen molar-refractivity contribution in [2.45, 2.75) is 39.9 Å². The predicted molar refractivity (Wildman–Crippen MR) is 81.5 cm³/mol. The minimum Gasteiger partial charge on any atom is -0.508 e. The summed E-state index contributed by atoms with van der Waals surface area (Å²) in [6, 6.07) is 3.02. The second kappa shape index (κ2) is 7.12. The average Bonchev–Trinajstić information content (AvgIpc) is 2.40. The molecule has 144 valence electrons. The molecular weight excluding hydrogens is 502 g/mol. The molecule has 1 atom stereocenters. The maximum atomic E-state index is 13.6. The van der Waals surface area contributed by atoms with Gasteiger partial charge >= 0.3 is 23.1 Å². The summed E-state index contributed by atoms with van der Waals surface area (Å²) in [6.45, 7) is 0. The molecule has 1 aromatic carbocycles. The Bertz CT molecular complexity index is 621. The molecule has 0 aliphatic heterocycles. The summed E-state index contributed by atoms with van der Waals surface area (Å²) in [5.74, 6) is -19.2. The van der Waals surface area contributed by atoms with Gasteiger partial charge in [0.2, 0.25) is 0 Å². The highest BCUT2D eigenvalue weighted by molar-refractivity contribution is 14.1. The minimum absolute atomic E-state index is 0.118. The van der Waals surface area contributed by atoms with Crippen LogP contribution in [0.4, 0.5) is 35.1 Å². The van der Waals surface area contributed by atoms with Crippen molar-refractivity contribution in [1.29, 1.82) is 0 Å². The summed E-state index contributed by atoms with van der Waals surface area (Å²) in [4.78, 5) is 0. The Labute approximate surface area is 154 Å². The topological polar surface area (TPSA) is 40.5 Å². The van der Waals surface area contributed by atoms with Crippen molar-refractivity contribution in [3.05, 3.63) is 23.8 Å². The van der Waals surface area contributed by atoms with Crippen molar-refractivity contribution in [3.8, 4) is 11.5 Å². The summed E-state index contributed by atoms with van der Waals surface area (Å²) in [5, 5.41) is 12.8. The first-order valence-electron chi connectivity index (χ1n) is 6.38. The summed E-state index contributed by atoms with van der Waals surface area (Å²) in [6.07, 6.45) is -2.42. The van der Waals surface area contributed by atoms with Gasteiger partial charge < -0.3 is 10.2 Å². The van der Waals surface area contributed by atoms with Gasteiger partial charge in [0.1, 0.15) is 11.5 Å². The van der Waals surface area contributed by atoms with Gasteiger partial charge in [0.15, 0.2) is 0 Å². The van der Waals surface area contributed by atoms with Gasteiger partial charge in [0, 0.05) is 10.3 Å². The summed E-state index contributed by atoms with van der Waals surface area (Å²) < 4.78 is 103. The molecule has 25 heavy (non-hydrogen) atoms. The molecule has 0 radical (unpaired) electrons. The zero-order valence-electron chi connectivity index (χ0n) is 11.9.